The smallest absolute Gasteiger partial charge is 0.326 e. The summed E-state index contributed by atoms with van der Waals surface area (Å²) in [6.07, 6.45) is 17.9. The number of amides is 4. The van der Waals surface area contributed by atoms with Gasteiger partial charge in [-0.25, -0.2) is 4.79 Å². The average molecular weight is 1550 g/mol. The Balaban J connectivity index is 4.13. The molecule has 4 amide bonds. The molecule has 24 nitrogen and oxygen atoms in total. The van der Waals surface area contributed by atoms with Gasteiger partial charge in [-0.2, -0.15) is 0 Å². The third-order valence-corrected chi connectivity index (χ3v) is 26.0. The fourth-order valence-electron chi connectivity index (χ4n) is 9.19. The van der Waals surface area contributed by atoms with Crippen LogP contribution in [0, 0.1) is 34.4 Å². The number of carbonyl (C=O) groups is 13. The van der Waals surface area contributed by atoms with Gasteiger partial charge in [0.1, 0.15) is 42.4 Å². The summed E-state index contributed by atoms with van der Waals surface area (Å²) in [6.45, 7) is 14.5. The number of ketones is 6. The van der Waals surface area contributed by atoms with Gasteiger partial charge < -0.3 is 50.4 Å². The molecule has 0 aromatic heterocycles. The van der Waals surface area contributed by atoms with Crippen LogP contribution < -0.4 is 21.3 Å². The molecule has 0 aliphatic heterocycles. The van der Waals surface area contributed by atoms with Crippen LogP contribution in [0.25, 0.3) is 0 Å². The Bertz CT molecular complexity index is 2450. The Morgan fingerprint density at radius 1 is 0.410 bits per heavy atom. The number of ether oxygens (including phenoxy) is 4. The first-order valence-corrected chi connectivity index (χ1v) is 44.1. The third kappa shape index (κ3) is 54.3. The van der Waals surface area contributed by atoms with Crippen molar-refractivity contribution in [2.45, 2.75) is 227 Å². The zero-order valence-corrected chi connectivity index (χ0v) is 66.3. The van der Waals surface area contributed by atoms with E-state index >= 15 is 0 Å². The standard InChI is InChI=1S/C69H119N5O19S7/c1-49(67(86)74-60(55(7)77)47-98-99-48-62(56(8)78)100(70)69(89)52(4)45-96-95-44-51(3)61(80)40-57(54(6)76)46-97-94-43-50(2)53(5)75)26-23-24-32-71-65(83)42-93-39-36-90-34-25-27-58(79)41-92-38-37-91-35-33-72-63(81)31-30-59(68(87)88)73-64(82)28-21-19-17-15-13-11-9-10-12-14-16-18-20-22-29-66(84)85/h49-52,57,59-60,62,70H,9-48H2,1-8H3,(H,71,83)(H,72,81)(H,73,82)(H,74,86)(H,84,85)(H,87,88)/t49-,50-,51-,52-,57-,59-,60-,62-,100?/m0/s1. The van der Waals surface area contributed by atoms with Gasteiger partial charge in [0.15, 0.2) is 11.6 Å². The van der Waals surface area contributed by atoms with E-state index in [2.05, 4.69) is 21.3 Å². The van der Waals surface area contributed by atoms with Crippen LogP contribution in [0.4, 0.5) is 0 Å². The molecule has 576 valence electrons. The molecule has 0 aromatic rings. The number of aliphatic carboxylic acids is 2. The molecule has 0 rings (SSSR count). The van der Waals surface area contributed by atoms with Crippen molar-refractivity contribution in [3.63, 3.8) is 0 Å². The minimum Gasteiger partial charge on any atom is -0.481 e. The summed E-state index contributed by atoms with van der Waals surface area (Å²) in [5, 5.41) is 27.9. The lowest BCUT2D eigenvalue weighted by Gasteiger charge is -2.20. The number of carboxylic acids is 2. The highest BCUT2D eigenvalue weighted by atomic mass is 33.1. The topological polar surface area (TPSA) is 371 Å². The SMILES string of the molecule is CC(=O)[C@H](CSSC[C@H](C)C(C)=O)CC(=O)[C@@H](C)CSSC[C@H](C)C(=O)S(=N)[C@@H](CSSC[C@H](NC(=O)[C@@H](C)CCCCNC(=O)COCCOCCCC(=O)COCCOCCNC(=O)CC[C@H](NC(=O)CCCCCCCCCCCCCCCCC(=O)O)C(=O)O)C(C)=O)C(C)=O. The van der Waals surface area contributed by atoms with E-state index in [0.717, 1.165) is 51.4 Å². The van der Waals surface area contributed by atoms with Crippen LogP contribution in [0.3, 0.4) is 0 Å². The number of hydrogen-bond donors (Lipinski definition) is 7. The second kappa shape index (κ2) is 62.9. The number of nitrogens with one attached hydrogen (secondary N) is 5. The maximum absolute atomic E-state index is 13.3. The molecular weight excluding hydrogens is 1430 g/mol. The summed E-state index contributed by atoms with van der Waals surface area (Å²) in [5.41, 5.74) is 0. The van der Waals surface area contributed by atoms with E-state index in [1.54, 1.807) is 20.8 Å². The van der Waals surface area contributed by atoms with E-state index in [9.17, 15) is 67.4 Å². The van der Waals surface area contributed by atoms with Gasteiger partial charge in [0.05, 0.1) is 44.3 Å². The minimum atomic E-state index is -1.62. The molecule has 0 saturated carbocycles. The van der Waals surface area contributed by atoms with Crippen LogP contribution in [0.5, 0.6) is 0 Å². The van der Waals surface area contributed by atoms with Gasteiger partial charge in [0.2, 0.25) is 28.7 Å². The van der Waals surface area contributed by atoms with Gasteiger partial charge in [-0.3, -0.25) is 62.3 Å². The van der Waals surface area contributed by atoms with Crippen LogP contribution in [-0.4, -0.2) is 203 Å². The number of rotatable bonds is 70. The Morgan fingerprint density at radius 2 is 0.920 bits per heavy atom. The average Bonchev–Trinajstić information content (AvgIpc) is 0.890. The van der Waals surface area contributed by atoms with E-state index in [4.69, 9.17) is 28.8 Å². The molecule has 31 heteroatoms. The molecule has 0 radical (unpaired) electrons. The van der Waals surface area contributed by atoms with Crippen molar-refractivity contribution in [1.29, 1.82) is 4.78 Å². The number of Topliss-reactive ketones (excluding diaryl/α,β-unsaturated/α-hetero) is 6. The van der Waals surface area contributed by atoms with Gasteiger partial charge in [-0.1, -0.05) is 176 Å². The molecule has 0 fully saturated rings. The molecular formula is C69H119N5O19S7. The van der Waals surface area contributed by atoms with E-state index in [-0.39, 0.29) is 178 Å². The second-order valence-corrected chi connectivity index (χ2v) is 34.6. The molecule has 0 spiro atoms. The molecule has 100 heavy (non-hydrogen) atoms. The van der Waals surface area contributed by atoms with Crippen LogP contribution in [-0.2, 0) is 92.0 Å². The Labute approximate surface area is 621 Å². The lowest BCUT2D eigenvalue weighted by atomic mass is 9.95. The number of unbranched alkanes of at least 4 members (excludes halogenated alkanes) is 14. The monoisotopic (exact) mass is 1550 g/mol. The Kier molecular flexibility index (Phi) is 60.8. The van der Waals surface area contributed by atoms with Crippen LogP contribution >= 0.6 is 64.8 Å². The zero-order valence-electron chi connectivity index (χ0n) is 60.6. The molecule has 7 N–H and O–H groups in total. The Hall–Kier alpha value is -3.40. The van der Waals surface area contributed by atoms with Crippen molar-refractivity contribution in [1.82, 2.24) is 21.3 Å². The summed E-state index contributed by atoms with van der Waals surface area (Å²) >= 11 is 0. The summed E-state index contributed by atoms with van der Waals surface area (Å²) in [6, 6.07) is -1.94. The van der Waals surface area contributed by atoms with Crippen molar-refractivity contribution >= 4 is 151 Å². The molecule has 0 bridgehead atoms. The normalized spacial score (nSPS) is 14.1. The van der Waals surface area contributed by atoms with E-state index in [1.807, 2.05) is 13.8 Å². The highest BCUT2D eigenvalue weighted by Crippen LogP contribution is 2.32. The molecule has 0 heterocycles. The van der Waals surface area contributed by atoms with Gasteiger partial charge in [-0.05, 0) is 76.9 Å². The Morgan fingerprint density at radius 3 is 1.48 bits per heavy atom. The lowest BCUT2D eigenvalue weighted by molar-refractivity contribution is -0.142. The van der Waals surface area contributed by atoms with Crippen LogP contribution in [0.1, 0.15) is 209 Å². The van der Waals surface area contributed by atoms with E-state index in [0.29, 0.717) is 68.3 Å². The summed E-state index contributed by atoms with van der Waals surface area (Å²) in [4.78, 5) is 160. The third-order valence-electron chi connectivity index (χ3n) is 16.1. The number of carboxylic acid groups (broad SMARTS) is 2. The summed E-state index contributed by atoms with van der Waals surface area (Å²) < 4.78 is 30.5. The molecule has 0 aliphatic carbocycles. The molecule has 9 atom stereocenters. The molecule has 1 unspecified atom stereocenters. The second-order valence-electron chi connectivity index (χ2n) is 25.3. The molecule has 0 saturated heterocycles. The van der Waals surface area contributed by atoms with Crippen molar-refractivity contribution in [2.75, 3.05) is 100 Å². The highest BCUT2D eigenvalue weighted by Gasteiger charge is 2.30. The van der Waals surface area contributed by atoms with Crippen LogP contribution in [0.2, 0.25) is 0 Å². The number of hydrogen-bond acceptors (Lipinski definition) is 24. The quantitative estimate of drug-likeness (QED) is 0.0220. The van der Waals surface area contributed by atoms with Crippen LogP contribution in [0.15, 0.2) is 0 Å². The summed E-state index contributed by atoms with van der Waals surface area (Å²) in [5.74, 6) is -3.09. The summed E-state index contributed by atoms with van der Waals surface area (Å²) in [7, 11) is 6.85. The van der Waals surface area contributed by atoms with E-state index in [1.165, 1.54) is 118 Å². The first-order chi connectivity index (χ1) is 47.7. The van der Waals surface area contributed by atoms with Crippen molar-refractivity contribution in [2.24, 2.45) is 29.6 Å². The van der Waals surface area contributed by atoms with Gasteiger partial charge in [-0.15, -0.1) is 0 Å². The largest absolute Gasteiger partial charge is 0.481 e. The first kappa shape index (κ1) is 96.6. The fraction of sp³-hybridized carbons (Fsp3) is 0.812. The fourth-order valence-corrected chi connectivity index (χ4v) is 19.4. The maximum Gasteiger partial charge on any atom is 0.326 e. The van der Waals surface area contributed by atoms with Crippen molar-refractivity contribution in [3.8, 4) is 0 Å². The lowest BCUT2D eigenvalue weighted by Crippen LogP contribution is -2.43. The minimum absolute atomic E-state index is 0.0116. The zero-order chi connectivity index (χ0) is 74.9. The van der Waals surface area contributed by atoms with Gasteiger partial charge >= 0.3 is 11.9 Å². The maximum atomic E-state index is 13.3. The van der Waals surface area contributed by atoms with Gasteiger partial charge in [0.25, 0.3) is 0 Å². The first-order valence-electron chi connectivity index (χ1n) is 35.3. The van der Waals surface area contributed by atoms with E-state index < -0.39 is 57.7 Å². The molecule has 0 aromatic carbocycles. The van der Waals surface area contributed by atoms with Crippen molar-refractivity contribution < 1.29 is 91.5 Å². The van der Waals surface area contributed by atoms with Gasteiger partial charge in [0, 0.05) is 116 Å². The molecule has 0 aliphatic rings. The predicted octanol–water partition coefficient (Wildman–Crippen LogP) is 10.9. The van der Waals surface area contributed by atoms with Crippen molar-refractivity contribution in [3.05, 3.63) is 0 Å². The highest BCUT2D eigenvalue weighted by molar-refractivity contribution is 8.77. The predicted molar refractivity (Wildman–Crippen MR) is 406 cm³/mol. The number of carbonyl (C=O) groups excluding carboxylic acids is 11.